The van der Waals surface area contributed by atoms with Crippen LogP contribution in [0.15, 0.2) is 30.3 Å². The van der Waals surface area contributed by atoms with Crippen LogP contribution in [-0.2, 0) is 30.4 Å². The van der Waals surface area contributed by atoms with Crippen LogP contribution in [0.25, 0.3) is 0 Å². The average Bonchev–Trinajstić information content (AvgIpc) is 3.03. The summed E-state index contributed by atoms with van der Waals surface area (Å²) >= 11 is 0. The number of hydrogen-bond acceptors (Lipinski definition) is 7. The summed E-state index contributed by atoms with van der Waals surface area (Å²) in [5.74, 6) is 0.487. The van der Waals surface area contributed by atoms with Crippen LogP contribution in [0.4, 0.5) is 0 Å². The minimum absolute atomic E-state index is 0.00884. The van der Waals surface area contributed by atoms with E-state index in [0.717, 1.165) is 84.5 Å². The maximum atomic E-state index is 13.6. The lowest BCUT2D eigenvalue weighted by atomic mass is 9.80. The molecule has 1 spiro atoms. The summed E-state index contributed by atoms with van der Waals surface area (Å²) in [6.45, 7) is 7.79. The van der Waals surface area contributed by atoms with E-state index in [1.165, 1.54) is 5.56 Å². The van der Waals surface area contributed by atoms with E-state index in [9.17, 15) is 14.4 Å². The number of hydrogen-bond donors (Lipinski definition) is 2. The van der Waals surface area contributed by atoms with Crippen LogP contribution in [0.5, 0.6) is 0 Å². The van der Waals surface area contributed by atoms with E-state index >= 15 is 0 Å². The SMILES string of the molecule is O=C1CC2(CCN(C3CCOCC3)CC2)NC(=O)[C@@H]2CN(CCO2)C(=O)C[C@@H]2CCN(Cc3ccccc3)C[C@@H]2CCN1. The molecule has 10 heteroatoms. The van der Waals surface area contributed by atoms with Crippen LogP contribution in [0, 0.1) is 11.8 Å². The first-order valence-electron chi connectivity index (χ1n) is 16.5. The second kappa shape index (κ2) is 14.1. The summed E-state index contributed by atoms with van der Waals surface area (Å²) in [7, 11) is 0. The number of likely N-dealkylation sites (tertiary alicyclic amines) is 2. The quantitative estimate of drug-likeness (QED) is 0.549. The lowest BCUT2D eigenvalue weighted by molar-refractivity contribution is -0.149. The smallest absolute Gasteiger partial charge is 0.251 e. The summed E-state index contributed by atoms with van der Waals surface area (Å²) in [5, 5.41) is 6.49. The van der Waals surface area contributed by atoms with Gasteiger partial charge in [-0.05, 0) is 62.5 Å². The van der Waals surface area contributed by atoms with E-state index in [1.807, 2.05) is 11.0 Å². The summed E-state index contributed by atoms with van der Waals surface area (Å²) < 4.78 is 11.5. The molecule has 0 saturated carbocycles. The third-order valence-corrected chi connectivity index (χ3v) is 10.6. The van der Waals surface area contributed by atoms with Crippen LogP contribution in [-0.4, -0.2) is 116 Å². The van der Waals surface area contributed by atoms with Gasteiger partial charge in [0.1, 0.15) is 0 Å². The molecule has 10 nitrogen and oxygen atoms in total. The third kappa shape index (κ3) is 7.77. The van der Waals surface area contributed by atoms with Crippen molar-refractivity contribution in [3.05, 3.63) is 35.9 Å². The van der Waals surface area contributed by atoms with Crippen molar-refractivity contribution >= 4 is 17.7 Å². The predicted octanol–water partition coefficient (Wildman–Crippen LogP) is 1.78. The topological polar surface area (TPSA) is 103 Å². The highest BCUT2D eigenvalue weighted by Crippen LogP contribution is 2.32. The Morgan fingerprint density at radius 3 is 2.44 bits per heavy atom. The van der Waals surface area contributed by atoms with Crippen molar-refractivity contribution in [2.45, 2.75) is 75.6 Å². The van der Waals surface area contributed by atoms with Gasteiger partial charge in [-0.2, -0.15) is 0 Å². The Kier molecular flexibility index (Phi) is 9.97. The van der Waals surface area contributed by atoms with Crippen molar-refractivity contribution in [2.75, 3.05) is 65.6 Å². The molecule has 43 heavy (non-hydrogen) atoms. The first-order valence-corrected chi connectivity index (χ1v) is 16.5. The molecule has 2 N–H and O–H groups in total. The minimum Gasteiger partial charge on any atom is -0.381 e. The van der Waals surface area contributed by atoms with Gasteiger partial charge in [0.15, 0.2) is 6.10 Å². The molecule has 236 valence electrons. The van der Waals surface area contributed by atoms with Gasteiger partial charge in [-0.3, -0.25) is 19.3 Å². The molecular weight excluding hydrogens is 546 g/mol. The highest BCUT2D eigenvalue weighted by atomic mass is 16.5. The van der Waals surface area contributed by atoms with Crippen molar-refractivity contribution in [3.8, 4) is 0 Å². The molecule has 0 aliphatic carbocycles. The molecule has 0 aromatic heterocycles. The highest BCUT2D eigenvalue weighted by Gasteiger charge is 2.42. The number of carbonyl (C=O) groups excluding carboxylic acids is 3. The van der Waals surface area contributed by atoms with Crippen LogP contribution in [0.3, 0.4) is 0 Å². The number of piperidine rings is 2. The molecule has 5 fully saturated rings. The van der Waals surface area contributed by atoms with Gasteiger partial charge in [-0.15, -0.1) is 0 Å². The predicted molar refractivity (Wildman–Crippen MR) is 162 cm³/mol. The fourth-order valence-corrected chi connectivity index (χ4v) is 7.95. The lowest BCUT2D eigenvalue weighted by Gasteiger charge is -2.46. The van der Waals surface area contributed by atoms with Gasteiger partial charge < -0.3 is 29.9 Å². The zero-order valence-corrected chi connectivity index (χ0v) is 25.5. The zero-order valence-electron chi connectivity index (χ0n) is 25.5. The van der Waals surface area contributed by atoms with Crippen molar-refractivity contribution in [1.82, 2.24) is 25.3 Å². The maximum Gasteiger partial charge on any atom is 0.251 e. The van der Waals surface area contributed by atoms with Crippen LogP contribution >= 0.6 is 0 Å². The molecule has 5 aliphatic rings. The summed E-state index contributed by atoms with van der Waals surface area (Å²) in [6.07, 6.45) is 5.35. The summed E-state index contributed by atoms with van der Waals surface area (Å²) in [5.41, 5.74) is 0.686. The Balaban J connectivity index is 1.15. The number of rotatable bonds is 3. The van der Waals surface area contributed by atoms with Crippen LogP contribution in [0.2, 0.25) is 0 Å². The standard InChI is InChI=1S/C33H49N5O5/c39-30-21-33(10-14-37(15-11-33)28-8-17-42-18-9-28)35-32(41)29-24-38(16-19-43-29)31(40)20-26-7-13-36(23-27(26)6-12-34-30)22-25-4-2-1-3-5-25/h1-5,26-29H,6-24H2,(H,34,39)(H,35,41)/t26-,27-,29-/m0/s1. The zero-order chi connectivity index (χ0) is 29.6. The molecular formula is C33H49N5O5. The fourth-order valence-electron chi connectivity index (χ4n) is 7.95. The molecule has 5 aliphatic heterocycles. The number of nitrogens with one attached hydrogen (secondary N) is 2. The molecule has 1 aromatic rings. The lowest BCUT2D eigenvalue weighted by Crippen LogP contribution is -2.62. The Hall–Kier alpha value is -2.53. The van der Waals surface area contributed by atoms with Crippen molar-refractivity contribution in [3.63, 3.8) is 0 Å². The molecule has 0 radical (unpaired) electrons. The van der Waals surface area contributed by atoms with Gasteiger partial charge in [0, 0.05) is 71.4 Å². The number of morpholine rings is 1. The first-order chi connectivity index (χ1) is 21.0. The van der Waals surface area contributed by atoms with Gasteiger partial charge in [0.2, 0.25) is 11.8 Å². The second-order valence-electron chi connectivity index (χ2n) is 13.4. The van der Waals surface area contributed by atoms with Crippen molar-refractivity contribution < 1.29 is 23.9 Å². The van der Waals surface area contributed by atoms with E-state index in [0.29, 0.717) is 38.1 Å². The Bertz CT molecular complexity index is 1100. The summed E-state index contributed by atoms with van der Waals surface area (Å²) in [4.78, 5) is 47.4. The molecule has 0 unspecified atom stereocenters. The largest absolute Gasteiger partial charge is 0.381 e. The maximum absolute atomic E-state index is 13.6. The third-order valence-electron chi connectivity index (χ3n) is 10.6. The van der Waals surface area contributed by atoms with Crippen LogP contribution in [0.1, 0.15) is 56.9 Å². The molecule has 1 aromatic carbocycles. The van der Waals surface area contributed by atoms with Crippen molar-refractivity contribution in [1.29, 1.82) is 0 Å². The highest BCUT2D eigenvalue weighted by molar-refractivity contribution is 5.85. The Labute approximate surface area is 255 Å². The first kappa shape index (κ1) is 30.5. The van der Waals surface area contributed by atoms with Crippen LogP contribution < -0.4 is 10.6 Å². The van der Waals surface area contributed by atoms with Gasteiger partial charge in [0.05, 0.1) is 18.7 Å². The van der Waals surface area contributed by atoms with Gasteiger partial charge in [-0.1, -0.05) is 30.3 Å². The Morgan fingerprint density at radius 2 is 1.65 bits per heavy atom. The van der Waals surface area contributed by atoms with E-state index in [-0.39, 0.29) is 36.6 Å². The number of fused-ring (bicyclic) bond motifs is 3. The number of carbonyl (C=O) groups is 3. The van der Waals surface area contributed by atoms with E-state index < -0.39 is 11.6 Å². The van der Waals surface area contributed by atoms with Gasteiger partial charge in [-0.25, -0.2) is 0 Å². The summed E-state index contributed by atoms with van der Waals surface area (Å²) in [6, 6.07) is 11.0. The number of nitrogens with zero attached hydrogens (tertiary/aromatic N) is 3. The van der Waals surface area contributed by atoms with E-state index in [4.69, 9.17) is 9.47 Å². The molecule has 2 bridgehead atoms. The van der Waals surface area contributed by atoms with Gasteiger partial charge in [0.25, 0.3) is 5.91 Å². The normalized spacial score (nSPS) is 30.6. The average molecular weight is 596 g/mol. The Morgan fingerprint density at radius 1 is 0.860 bits per heavy atom. The number of amides is 3. The van der Waals surface area contributed by atoms with E-state index in [1.54, 1.807) is 0 Å². The molecule has 3 atom stereocenters. The number of ether oxygens (including phenoxy) is 2. The molecule has 5 heterocycles. The molecule has 3 amide bonds. The minimum atomic E-state index is -0.709. The van der Waals surface area contributed by atoms with Crippen molar-refractivity contribution in [2.24, 2.45) is 11.8 Å². The molecule has 6 rings (SSSR count). The van der Waals surface area contributed by atoms with E-state index in [2.05, 4.69) is 44.7 Å². The van der Waals surface area contributed by atoms with Gasteiger partial charge >= 0.3 is 0 Å². The second-order valence-corrected chi connectivity index (χ2v) is 13.4. The fraction of sp³-hybridized carbons (Fsp3) is 0.727. The monoisotopic (exact) mass is 595 g/mol. The molecule has 5 saturated heterocycles. The number of benzene rings is 1.